The first-order valence-corrected chi connectivity index (χ1v) is 10.5. The molecule has 1 aromatic heterocycles. The van der Waals surface area contributed by atoms with Crippen LogP contribution in [0.4, 0.5) is 5.69 Å². The maximum atomic E-state index is 11.4. The van der Waals surface area contributed by atoms with Crippen LogP contribution in [-0.4, -0.2) is 19.2 Å². The average Bonchev–Trinajstić information content (AvgIpc) is 2.86. The molecule has 0 saturated heterocycles. The van der Waals surface area contributed by atoms with Gasteiger partial charge in [0.2, 0.25) is 10.0 Å². The molecule has 134 valence electrons. The molecule has 0 unspecified atom stereocenters. The summed E-state index contributed by atoms with van der Waals surface area (Å²) in [6, 6.07) is 16.6. The molecule has 0 radical (unpaired) electrons. The summed E-state index contributed by atoms with van der Waals surface area (Å²) in [4.78, 5) is 4.65. The minimum atomic E-state index is -3.69. The van der Waals surface area contributed by atoms with Gasteiger partial charge in [-0.2, -0.15) is 0 Å². The molecule has 0 fully saturated rings. The van der Waals surface area contributed by atoms with Crippen molar-refractivity contribution in [1.29, 1.82) is 0 Å². The molecule has 3 aromatic rings. The molecular formula is C19H18IN3O2S. The van der Waals surface area contributed by atoms with E-state index in [4.69, 9.17) is 5.14 Å². The Morgan fingerprint density at radius 2 is 1.77 bits per heavy atom. The summed E-state index contributed by atoms with van der Waals surface area (Å²) >= 11 is 2.26. The normalized spacial score (nSPS) is 12.0. The van der Waals surface area contributed by atoms with Gasteiger partial charge in [0.1, 0.15) is 0 Å². The second kappa shape index (κ2) is 7.34. The highest BCUT2D eigenvalue weighted by Gasteiger charge is 2.11. The molecule has 0 saturated carbocycles. The van der Waals surface area contributed by atoms with E-state index in [1.165, 1.54) is 12.1 Å². The van der Waals surface area contributed by atoms with Crippen LogP contribution in [0.3, 0.4) is 0 Å². The Kier molecular flexibility index (Phi) is 5.31. The van der Waals surface area contributed by atoms with E-state index < -0.39 is 10.0 Å². The first kappa shape index (κ1) is 18.8. The summed E-state index contributed by atoms with van der Waals surface area (Å²) in [5, 5.41) is 5.16. The zero-order valence-electron chi connectivity index (χ0n) is 14.3. The molecule has 0 aliphatic heterocycles. The number of halogens is 1. The molecule has 0 amide bonds. The van der Waals surface area contributed by atoms with Gasteiger partial charge in [0.15, 0.2) is 0 Å². The highest BCUT2D eigenvalue weighted by atomic mass is 127. The molecule has 0 aliphatic carbocycles. The highest BCUT2D eigenvalue weighted by molar-refractivity contribution is 14.1. The van der Waals surface area contributed by atoms with Crippen molar-refractivity contribution in [3.05, 3.63) is 75.1 Å². The Morgan fingerprint density at radius 3 is 2.38 bits per heavy atom. The van der Waals surface area contributed by atoms with Gasteiger partial charge in [-0.3, -0.25) is 4.99 Å². The SMILES string of the molecule is Cc1cc(C=Nc2cccc(I)c2)c(C)n1-c1ccc(S(N)(=O)=O)cc1. The van der Waals surface area contributed by atoms with Gasteiger partial charge in [-0.05, 0) is 85.0 Å². The Bertz CT molecular complexity index is 1080. The fourth-order valence-electron chi connectivity index (χ4n) is 2.80. The molecular weight excluding hydrogens is 461 g/mol. The van der Waals surface area contributed by atoms with Crippen LogP contribution >= 0.6 is 22.6 Å². The van der Waals surface area contributed by atoms with Gasteiger partial charge in [-0.25, -0.2) is 13.6 Å². The standard InChI is InChI=1S/C19H18IN3O2S/c1-13-10-15(12-22-17-5-3-4-16(20)11-17)14(2)23(13)18-6-8-19(9-7-18)26(21,24)25/h3-12H,1-2H3,(H2,21,24,25). The second-order valence-corrected chi connectivity index (χ2v) is 8.75. The van der Waals surface area contributed by atoms with Crippen molar-refractivity contribution in [2.45, 2.75) is 18.7 Å². The van der Waals surface area contributed by atoms with Gasteiger partial charge < -0.3 is 4.57 Å². The molecule has 26 heavy (non-hydrogen) atoms. The second-order valence-electron chi connectivity index (χ2n) is 5.94. The van der Waals surface area contributed by atoms with Gasteiger partial charge in [0.05, 0.1) is 10.6 Å². The number of hydrogen-bond acceptors (Lipinski definition) is 3. The van der Waals surface area contributed by atoms with E-state index in [9.17, 15) is 8.42 Å². The summed E-state index contributed by atoms with van der Waals surface area (Å²) in [5.41, 5.74) is 4.85. The van der Waals surface area contributed by atoms with Gasteiger partial charge in [-0.1, -0.05) is 6.07 Å². The number of nitrogens with two attached hydrogens (primary N) is 1. The maximum Gasteiger partial charge on any atom is 0.238 e. The molecule has 2 aromatic carbocycles. The van der Waals surface area contributed by atoms with Crippen molar-refractivity contribution in [3.63, 3.8) is 0 Å². The predicted molar refractivity (Wildman–Crippen MR) is 113 cm³/mol. The lowest BCUT2D eigenvalue weighted by Crippen LogP contribution is -2.12. The number of benzene rings is 2. The Morgan fingerprint density at radius 1 is 1.08 bits per heavy atom. The summed E-state index contributed by atoms with van der Waals surface area (Å²) in [6.45, 7) is 4.01. The number of aromatic nitrogens is 1. The summed E-state index contributed by atoms with van der Waals surface area (Å²) in [6.07, 6.45) is 1.85. The highest BCUT2D eigenvalue weighted by Crippen LogP contribution is 2.22. The van der Waals surface area contributed by atoms with Crippen molar-refractivity contribution in [3.8, 4) is 5.69 Å². The van der Waals surface area contributed by atoms with Crippen LogP contribution in [-0.2, 0) is 10.0 Å². The summed E-state index contributed by atoms with van der Waals surface area (Å²) in [5.74, 6) is 0. The number of aliphatic imine (C=N–C) groups is 1. The topological polar surface area (TPSA) is 77.5 Å². The van der Waals surface area contributed by atoms with Crippen LogP contribution in [0.15, 0.2) is 64.5 Å². The fraction of sp³-hybridized carbons (Fsp3) is 0.105. The number of sulfonamides is 1. The van der Waals surface area contributed by atoms with Crippen molar-refractivity contribution in [2.75, 3.05) is 0 Å². The van der Waals surface area contributed by atoms with Gasteiger partial charge in [-0.15, -0.1) is 0 Å². The van der Waals surface area contributed by atoms with E-state index in [0.717, 1.165) is 31.9 Å². The molecule has 7 heteroatoms. The van der Waals surface area contributed by atoms with Crippen LogP contribution in [0.2, 0.25) is 0 Å². The van der Waals surface area contributed by atoms with Crippen LogP contribution < -0.4 is 5.14 Å². The third kappa shape index (κ3) is 4.05. The lowest BCUT2D eigenvalue weighted by Gasteiger charge is -2.10. The monoisotopic (exact) mass is 479 g/mol. The molecule has 0 spiro atoms. The average molecular weight is 479 g/mol. The minimum absolute atomic E-state index is 0.101. The summed E-state index contributed by atoms with van der Waals surface area (Å²) < 4.78 is 26.0. The van der Waals surface area contributed by atoms with E-state index in [-0.39, 0.29) is 4.90 Å². The van der Waals surface area contributed by atoms with E-state index in [1.54, 1.807) is 12.1 Å². The lowest BCUT2D eigenvalue weighted by atomic mass is 10.2. The predicted octanol–water partition coefficient (Wildman–Crippen LogP) is 4.10. The van der Waals surface area contributed by atoms with Crippen LogP contribution in [0.1, 0.15) is 17.0 Å². The maximum absolute atomic E-state index is 11.4. The zero-order chi connectivity index (χ0) is 18.9. The van der Waals surface area contributed by atoms with Gasteiger partial charge in [0, 0.05) is 32.4 Å². The van der Waals surface area contributed by atoms with E-state index >= 15 is 0 Å². The summed E-state index contributed by atoms with van der Waals surface area (Å²) in [7, 11) is -3.69. The first-order chi connectivity index (χ1) is 12.3. The Balaban J connectivity index is 1.96. The third-order valence-corrected chi connectivity index (χ3v) is 5.65. The first-order valence-electron chi connectivity index (χ1n) is 7.87. The minimum Gasteiger partial charge on any atom is -0.318 e. The number of primary sulfonamides is 1. The fourth-order valence-corrected chi connectivity index (χ4v) is 3.84. The largest absolute Gasteiger partial charge is 0.318 e. The Labute approximate surface area is 166 Å². The number of hydrogen-bond donors (Lipinski definition) is 1. The van der Waals surface area contributed by atoms with E-state index in [0.29, 0.717) is 0 Å². The van der Waals surface area contributed by atoms with E-state index in [2.05, 4.69) is 38.2 Å². The third-order valence-electron chi connectivity index (χ3n) is 4.05. The van der Waals surface area contributed by atoms with Crippen LogP contribution in [0, 0.1) is 17.4 Å². The van der Waals surface area contributed by atoms with Crippen LogP contribution in [0.5, 0.6) is 0 Å². The van der Waals surface area contributed by atoms with Crippen LogP contribution in [0.25, 0.3) is 5.69 Å². The molecule has 5 nitrogen and oxygen atoms in total. The van der Waals surface area contributed by atoms with E-state index in [1.807, 2.05) is 44.3 Å². The van der Waals surface area contributed by atoms with Crippen molar-refractivity contribution < 1.29 is 8.42 Å². The number of nitrogens with zero attached hydrogens (tertiary/aromatic N) is 2. The van der Waals surface area contributed by atoms with Crippen molar-refractivity contribution in [2.24, 2.45) is 10.1 Å². The zero-order valence-corrected chi connectivity index (χ0v) is 17.3. The molecule has 1 heterocycles. The van der Waals surface area contributed by atoms with Gasteiger partial charge >= 0.3 is 0 Å². The smallest absolute Gasteiger partial charge is 0.238 e. The molecule has 0 atom stereocenters. The molecule has 0 bridgehead atoms. The Hall–Kier alpha value is -1.97. The number of rotatable bonds is 4. The van der Waals surface area contributed by atoms with Crippen molar-refractivity contribution >= 4 is 44.5 Å². The van der Waals surface area contributed by atoms with Crippen molar-refractivity contribution in [1.82, 2.24) is 4.57 Å². The lowest BCUT2D eigenvalue weighted by molar-refractivity contribution is 0.598. The molecule has 0 aliphatic rings. The molecule has 2 N–H and O–H groups in total. The number of aryl methyl sites for hydroxylation is 1. The molecule has 3 rings (SSSR count). The quantitative estimate of drug-likeness (QED) is 0.452. The van der Waals surface area contributed by atoms with Gasteiger partial charge in [0.25, 0.3) is 0 Å².